The molecule has 0 unspecified atom stereocenters. The quantitative estimate of drug-likeness (QED) is 0.805. The van der Waals surface area contributed by atoms with E-state index in [1.54, 1.807) is 0 Å². The second kappa shape index (κ2) is 4.94. The fourth-order valence-corrected chi connectivity index (χ4v) is 2.60. The van der Waals surface area contributed by atoms with Crippen molar-refractivity contribution in [3.05, 3.63) is 0 Å². The van der Waals surface area contributed by atoms with Crippen LogP contribution in [0.1, 0.15) is 46.0 Å². The lowest BCUT2D eigenvalue weighted by Crippen LogP contribution is -2.43. The Labute approximate surface area is 102 Å². The monoisotopic (exact) mass is 240 g/mol. The number of carbonyl (C=O) groups excluding carboxylic acids is 1. The number of hydrogen-bond acceptors (Lipinski definition) is 4. The van der Waals surface area contributed by atoms with Gasteiger partial charge in [0.25, 0.3) is 0 Å². The van der Waals surface area contributed by atoms with E-state index in [0.717, 1.165) is 37.8 Å². The molecule has 0 atom stereocenters. The van der Waals surface area contributed by atoms with E-state index in [2.05, 4.69) is 10.5 Å². The largest absolute Gasteiger partial charge is 0.450 e. The number of alkyl carbamates (subject to hydrolysis) is 1. The fraction of sp³-hybridized carbons (Fsp3) is 0.833. The summed E-state index contributed by atoms with van der Waals surface area (Å²) in [5.41, 5.74) is 0.985. The van der Waals surface area contributed by atoms with Crippen molar-refractivity contribution in [2.24, 2.45) is 5.16 Å². The summed E-state index contributed by atoms with van der Waals surface area (Å²) in [5.74, 6) is 0. The SMILES string of the molecule is CCOC(=O)NC1CCC2(CC1)CC(C)=NO2. The molecule has 17 heavy (non-hydrogen) atoms. The smallest absolute Gasteiger partial charge is 0.407 e. The minimum Gasteiger partial charge on any atom is -0.450 e. The Morgan fingerprint density at radius 2 is 2.29 bits per heavy atom. The summed E-state index contributed by atoms with van der Waals surface area (Å²) >= 11 is 0. The van der Waals surface area contributed by atoms with E-state index in [4.69, 9.17) is 9.57 Å². The Morgan fingerprint density at radius 3 is 2.82 bits per heavy atom. The molecular weight excluding hydrogens is 220 g/mol. The third-order valence-electron chi connectivity index (χ3n) is 3.47. The van der Waals surface area contributed by atoms with E-state index in [1.807, 2.05) is 13.8 Å². The van der Waals surface area contributed by atoms with Crippen molar-refractivity contribution in [1.82, 2.24) is 5.32 Å². The summed E-state index contributed by atoms with van der Waals surface area (Å²) in [7, 11) is 0. The van der Waals surface area contributed by atoms with Crippen LogP contribution in [0.5, 0.6) is 0 Å². The molecule has 2 aliphatic rings. The molecule has 1 N–H and O–H groups in total. The second-order valence-corrected chi connectivity index (χ2v) is 4.92. The van der Waals surface area contributed by atoms with Crippen molar-refractivity contribution in [2.75, 3.05) is 6.61 Å². The zero-order valence-corrected chi connectivity index (χ0v) is 10.5. The molecule has 1 aliphatic carbocycles. The van der Waals surface area contributed by atoms with Crippen molar-refractivity contribution < 1.29 is 14.4 Å². The van der Waals surface area contributed by atoms with Crippen LogP contribution in [0.25, 0.3) is 0 Å². The maximum Gasteiger partial charge on any atom is 0.407 e. The van der Waals surface area contributed by atoms with Gasteiger partial charge >= 0.3 is 6.09 Å². The third-order valence-corrected chi connectivity index (χ3v) is 3.47. The van der Waals surface area contributed by atoms with Gasteiger partial charge in [-0.25, -0.2) is 4.79 Å². The van der Waals surface area contributed by atoms with Gasteiger partial charge in [0.1, 0.15) is 5.60 Å². The van der Waals surface area contributed by atoms with E-state index >= 15 is 0 Å². The minimum absolute atomic E-state index is 0.0864. The minimum atomic E-state index is -0.312. The topological polar surface area (TPSA) is 59.9 Å². The highest BCUT2D eigenvalue weighted by atomic mass is 16.7. The molecule has 1 fully saturated rings. The van der Waals surface area contributed by atoms with Crippen LogP contribution in [-0.4, -0.2) is 30.1 Å². The van der Waals surface area contributed by atoms with Gasteiger partial charge in [0, 0.05) is 12.5 Å². The molecule has 0 bridgehead atoms. The maximum absolute atomic E-state index is 11.3. The third kappa shape index (κ3) is 2.90. The standard InChI is InChI=1S/C12H20N2O3/c1-3-16-11(15)13-10-4-6-12(7-5-10)8-9(2)14-17-12/h10H,3-8H2,1-2H3,(H,13,15). The summed E-state index contributed by atoms with van der Waals surface area (Å²) in [6.45, 7) is 4.22. The molecule has 1 aliphatic heterocycles. The number of hydrogen-bond donors (Lipinski definition) is 1. The van der Waals surface area contributed by atoms with Gasteiger partial charge in [-0.2, -0.15) is 0 Å². The number of nitrogens with one attached hydrogen (secondary N) is 1. The first-order valence-electron chi connectivity index (χ1n) is 6.28. The Morgan fingerprint density at radius 1 is 1.59 bits per heavy atom. The van der Waals surface area contributed by atoms with Crippen LogP contribution in [0, 0.1) is 0 Å². The molecule has 2 rings (SSSR count). The Balaban J connectivity index is 1.77. The van der Waals surface area contributed by atoms with Gasteiger partial charge in [-0.15, -0.1) is 0 Å². The van der Waals surface area contributed by atoms with E-state index < -0.39 is 0 Å². The van der Waals surface area contributed by atoms with Crippen LogP contribution in [0.15, 0.2) is 5.16 Å². The van der Waals surface area contributed by atoms with Gasteiger partial charge in [-0.05, 0) is 39.5 Å². The normalized spacial score (nSPS) is 31.9. The number of amides is 1. The fourth-order valence-electron chi connectivity index (χ4n) is 2.60. The lowest BCUT2D eigenvalue weighted by molar-refractivity contribution is -0.0498. The number of oxime groups is 1. The van der Waals surface area contributed by atoms with Crippen LogP contribution < -0.4 is 5.32 Å². The Bertz CT molecular complexity index is 320. The number of rotatable bonds is 2. The highest BCUT2D eigenvalue weighted by Crippen LogP contribution is 2.38. The number of carbonyl (C=O) groups is 1. The van der Waals surface area contributed by atoms with E-state index in [1.165, 1.54) is 0 Å². The molecule has 1 amide bonds. The summed E-state index contributed by atoms with van der Waals surface area (Å²) in [6.07, 6.45) is 4.38. The molecule has 0 radical (unpaired) electrons. The van der Waals surface area contributed by atoms with Crippen LogP contribution in [0.2, 0.25) is 0 Å². The van der Waals surface area contributed by atoms with Crippen molar-refractivity contribution in [3.63, 3.8) is 0 Å². The van der Waals surface area contributed by atoms with Crippen LogP contribution in [0.4, 0.5) is 4.79 Å². The molecular formula is C12H20N2O3. The highest BCUT2D eigenvalue weighted by Gasteiger charge is 2.41. The molecule has 0 aromatic carbocycles. The molecule has 0 aromatic rings. The molecule has 0 saturated heterocycles. The average Bonchev–Trinajstić information content (AvgIpc) is 2.65. The van der Waals surface area contributed by atoms with E-state index in [9.17, 15) is 4.79 Å². The molecule has 96 valence electrons. The molecule has 5 nitrogen and oxygen atoms in total. The Kier molecular flexibility index (Phi) is 3.54. The van der Waals surface area contributed by atoms with Gasteiger partial charge in [0.2, 0.25) is 0 Å². The van der Waals surface area contributed by atoms with Crippen LogP contribution in [0.3, 0.4) is 0 Å². The lowest BCUT2D eigenvalue weighted by Gasteiger charge is -2.34. The first-order chi connectivity index (χ1) is 8.13. The molecule has 5 heteroatoms. The molecule has 1 spiro atoms. The zero-order chi connectivity index (χ0) is 12.3. The van der Waals surface area contributed by atoms with Gasteiger partial charge in [0.05, 0.1) is 12.3 Å². The molecule has 1 heterocycles. The second-order valence-electron chi connectivity index (χ2n) is 4.92. The van der Waals surface area contributed by atoms with Crippen molar-refractivity contribution >= 4 is 11.8 Å². The van der Waals surface area contributed by atoms with E-state index in [-0.39, 0.29) is 17.7 Å². The molecule has 0 aromatic heterocycles. The lowest BCUT2D eigenvalue weighted by atomic mass is 9.79. The number of nitrogens with zero attached hydrogens (tertiary/aromatic N) is 1. The zero-order valence-electron chi connectivity index (χ0n) is 10.5. The predicted octanol–water partition coefficient (Wildman–Crippen LogP) is 2.21. The predicted molar refractivity (Wildman–Crippen MR) is 64.0 cm³/mol. The van der Waals surface area contributed by atoms with Gasteiger partial charge < -0.3 is 14.9 Å². The average molecular weight is 240 g/mol. The Hall–Kier alpha value is -1.26. The van der Waals surface area contributed by atoms with Crippen molar-refractivity contribution in [3.8, 4) is 0 Å². The first-order valence-corrected chi connectivity index (χ1v) is 6.28. The molecule has 1 saturated carbocycles. The van der Waals surface area contributed by atoms with Gasteiger partial charge in [-0.3, -0.25) is 0 Å². The van der Waals surface area contributed by atoms with Gasteiger partial charge in [-0.1, -0.05) is 5.16 Å². The summed E-state index contributed by atoms with van der Waals surface area (Å²) in [5, 5.41) is 6.92. The summed E-state index contributed by atoms with van der Waals surface area (Å²) in [4.78, 5) is 16.8. The number of ether oxygens (including phenoxy) is 1. The summed E-state index contributed by atoms with van der Waals surface area (Å²) in [6, 6.07) is 0.212. The van der Waals surface area contributed by atoms with Crippen molar-refractivity contribution in [2.45, 2.75) is 57.6 Å². The van der Waals surface area contributed by atoms with E-state index in [0.29, 0.717) is 6.61 Å². The summed E-state index contributed by atoms with van der Waals surface area (Å²) < 4.78 is 4.87. The van der Waals surface area contributed by atoms with Crippen molar-refractivity contribution in [1.29, 1.82) is 0 Å². The van der Waals surface area contributed by atoms with Gasteiger partial charge in [0.15, 0.2) is 0 Å². The van der Waals surface area contributed by atoms with Crippen LogP contribution >= 0.6 is 0 Å². The van der Waals surface area contributed by atoms with Crippen LogP contribution in [-0.2, 0) is 9.57 Å². The highest BCUT2D eigenvalue weighted by molar-refractivity contribution is 5.83. The maximum atomic E-state index is 11.3. The first kappa shape index (κ1) is 12.2.